The molecule has 9 heteroatoms. The van der Waals surface area contributed by atoms with Crippen LogP contribution in [-0.4, -0.2) is 40.4 Å². The molecule has 0 atom stereocenters. The summed E-state index contributed by atoms with van der Waals surface area (Å²) in [4.78, 5) is 32.0. The Morgan fingerprint density at radius 1 is 1.14 bits per heavy atom. The number of ether oxygens (including phenoxy) is 1. The molecule has 0 bridgehead atoms. The average Bonchev–Trinajstić information content (AvgIpc) is 3.54. The van der Waals surface area contributed by atoms with E-state index >= 15 is 0 Å². The van der Waals surface area contributed by atoms with Gasteiger partial charge in [-0.25, -0.2) is 4.79 Å². The number of amides is 1. The smallest absolute Gasteiger partial charge is 0.408 e. The van der Waals surface area contributed by atoms with Gasteiger partial charge in [0.15, 0.2) is 11.6 Å². The van der Waals surface area contributed by atoms with Gasteiger partial charge in [-0.2, -0.15) is 4.98 Å². The van der Waals surface area contributed by atoms with E-state index in [0.29, 0.717) is 43.9 Å². The SMILES string of the molecule is CCn1cc(-c2cccc(N(CCCCCc3nc(C4CC4)no3)C(=O)C3CCOCC3)c2)oc1=O. The lowest BCUT2D eigenvalue weighted by atomic mass is 9.97. The first-order valence-electron chi connectivity index (χ1n) is 13.1. The number of unbranched alkanes of at least 4 members (excludes halogenated alkanes) is 2. The van der Waals surface area contributed by atoms with E-state index in [1.165, 1.54) is 4.57 Å². The molecule has 5 rings (SSSR count). The molecule has 192 valence electrons. The number of carbonyl (C=O) groups excluding carboxylic acids is 1. The topological polar surface area (TPSA) is 104 Å². The number of benzene rings is 1. The number of hydrogen-bond acceptors (Lipinski definition) is 7. The Balaban J connectivity index is 1.25. The third kappa shape index (κ3) is 5.78. The Kier molecular flexibility index (Phi) is 7.65. The van der Waals surface area contributed by atoms with Crippen molar-refractivity contribution in [2.75, 3.05) is 24.7 Å². The summed E-state index contributed by atoms with van der Waals surface area (Å²) >= 11 is 0. The van der Waals surface area contributed by atoms with Crippen LogP contribution >= 0.6 is 0 Å². The van der Waals surface area contributed by atoms with Gasteiger partial charge < -0.3 is 18.6 Å². The van der Waals surface area contributed by atoms with Crippen molar-refractivity contribution in [1.29, 1.82) is 0 Å². The summed E-state index contributed by atoms with van der Waals surface area (Å²) in [5.41, 5.74) is 1.60. The fraction of sp³-hybridized carbons (Fsp3) is 0.556. The average molecular weight is 495 g/mol. The van der Waals surface area contributed by atoms with Gasteiger partial charge in [0.05, 0.1) is 6.20 Å². The quantitative estimate of drug-likeness (QED) is 0.360. The summed E-state index contributed by atoms with van der Waals surface area (Å²) in [6, 6.07) is 7.70. The molecule has 2 fully saturated rings. The van der Waals surface area contributed by atoms with Gasteiger partial charge in [0.2, 0.25) is 11.8 Å². The number of aryl methyl sites for hydroxylation is 2. The largest absolute Gasteiger partial charge is 0.419 e. The van der Waals surface area contributed by atoms with Crippen molar-refractivity contribution >= 4 is 11.6 Å². The molecule has 2 aliphatic rings. The summed E-state index contributed by atoms with van der Waals surface area (Å²) in [5.74, 6) is 2.28. The molecule has 9 nitrogen and oxygen atoms in total. The highest BCUT2D eigenvalue weighted by atomic mass is 16.5. The van der Waals surface area contributed by atoms with Crippen LogP contribution in [0.2, 0.25) is 0 Å². The van der Waals surface area contributed by atoms with E-state index in [1.54, 1.807) is 6.20 Å². The highest BCUT2D eigenvalue weighted by Crippen LogP contribution is 2.38. The van der Waals surface area contributed by atoms with Crippen molar-refractivity contribution in [2.45, 2.75) is 70.8 Å². The van der Waals surface area contributed by atoms with E-state index in [0.717, 1.165) is 68.4 Å². The van der Waals surface area contributed by atoms with E-state index < -0.39 is 0 Å². The molecule has 0 unspecified atom stereocenters. The Morgan fingerprint density at radius 3 is 2.72 bits per heavy atom. The van der Waals surface area contributed by atoms with Crippen LogP contribution < -0.4 is 10.7 Å². The van der Waals surface area contributed by atoms with Crippen molar-refractivity contribution in [2.24, 2.45) is 5.92 Å². The zero-order valence-electron chi connectivity index (χ0n) is 20.9. The van der Waals surface area contributed by atoms with Crippen molar-refractivity contribution in [3.05, 3.63) is 52.7 Å². The van der Waals surface area contributed by atoms with Gasteiger partial charge in [-0.1, -0.05) is 23.7 Å². The van der Waals surface area contributed by atoms with E-state index in [-0.39, 0.29) is 17.6 Å². The van der Waals surface area contributed by atoms with Crippen LogP contribution in [0.15, 0.2) is 44.2 Å². The maximum absolute atomic E-state index is 13.6. The van der Waals surface area contributed by atoms with Crippen molar-refractivity contribution in [3.8, 4) is 11.3 Å². The van der Waals surface area contributed by atoms with E-state index in [4.69, 9.17) is 13.7 Å². The number of nitrogens with zero attached hydrogens (tertiary/aromatic N) is 4. The number of anilines is 1. The molecular formula is C27H34N4O5. The second-order valence-corrected chi connectivity index (χ2v) is 9.71. The number of aromatic nitrogens is 3. The maximum Gasteiger partial charge on any atom is 0.419 e. The fourth-order valence-corrected chi connectivity index (χ4v) is 4.69. The Morgan fingerprint density at radius 2 is 1.97 bits per heavy atom. The fourth-order valence-electron chi connectivity index (χ4n) is 4.69. The molecule has 36 heavy (non-hydrogen) atoms. The normalized spacial score (nSPS) is 16.4. The van der Waals surface area contributed by atoms with Crippen LogP contribution in [0.1, 0.15) is 69.5 Å². The van der Waals surface area contributed by atoms with Gasteiger partial charge >= 0.3 is 5.76 Å². The van der Waals surface area contributed by atoms with Crippen LogP contribution in [0.25, 0.3) is 11.3 Å². The Hall–Kier alpha value is -3.20. The van der Waals surface area contributed by atoms with Gasteiger partial charge in [0.1, 0.15) is 0 Å². The molecule has 1 saturated carbocycles. The lowest BCUT2D eigenvalue weighted by molar-refractivity contribution is -0.125. The first-order chi connectivity index (χ1) is 17.6. The first-order valence-corrected chi connectivity index (χ1v) is 13.1. The number of oxazole rings is 1. The molecule has 0 N–H and O–H groups in total. The second kappa shape index (κ2) is 11.2. The molecule has 1 aliphatic carbocycles. The van der Waals surface area contributed by atoms with E-state index in [9.17, 15) is 9.59 Å². The van der Waals surface area contributed by atoms with Crippen LogP contribution in [0, 0.1) is 5.92 Å². The number of hydrogen-bond donors (Lipinski definition) is 0. The van der Waals surface area contributed by atoms with Crippen molar-refractivity contribution in [3.63, 3.8) is 0 Å². The Bertz CT molecular complexity index is 1220. The zero-order valence-corrected chi connectivity index (χ0v) is 20.9. The highest BCUT2D eigenvalue weighted by molar-refractivity contribution is 5.95. The lowest BCUT2D eigenvalue weighted by Gasteiger charge is -2.30. The third-order valence-corrected chi connectivity index (χ3v) is 7.02. The number of carbonyl (C=O) groups is 1. The van der Waals surface area contributed by atoms with Gasteiger partial charge in [-0.15, -0.1) is 0 Å². The van der Waals surface area contributed by atoms with Gasteiger partial charge in [-0.05, 0) is 57.6 Å². The lowest BCUT2D eigenvalue weighted by Crippen LogP contribution is -2.39. The molecule has 1 aromatic carbocycles. The first kappa shape index (κ1) is 24.5. The van der Waals surface area contributed by atoms with E-state index in [2.05, 4.69) is 10.1 Å². The Labute approximate surface area is 210 Å². The van der Waals surface area contributed by atoms with Crippen molar-refractivity contribution < 1.29 is 18.5 Å². The predicted molar refractivity (Wildman–Crippen MR) is 134 cm³/mol. The van der Waals surface area contributed by atoms with E-state index in [1.807, 2.05) is 36.1 Å². The predicted octanol–water partition coefficient (Wildman–Crippen LogP) is 4.56. The summed E-state index contributed by atoms with van der Waals surface area (Å²) in [7, 11) is 0. The molecule has 1 saturated heterocycles. The van der Waals surface area contributed by atoms with Crippen molar-refractivity contribution in [1.82, 2.24) is 14.7 Å². The van der Waals surface area contributed by atoms with Gasteiger partial charge in [0.25, 0.3) is 0 Å². The third-order valence-electron chi connectivity index (χ3n) is 7.02. The highest BCUT2D eigenvalue weighted by Gasteiger charge is 2.29. The van der Waals surface area contributed by atoms with Gasteiger partial charge in [0, 0.05) is 55.8 Å². The number of rotatable bonds is 11. The molecule has 3 heterocycles. The maximum atomic E-state index is 13.6. The molecular weight excluding hydrogens is 460 g/mol. The molecule has 1 aliphatic heterocycles. The molecule has 3 aromatic rings. The minimum absolute atomic E-state index is 0.0410. The monoisotopic (exact) mass is 494 g/mol. The molecule has 1 amide bonds. The summed E-state index contributed by atoms with van der Waals surface area (Å²) in [6.45, 7) is 4.30. The van der Waals surface area contributed by atoms with Crippen LogP contribution in [0.4, 0.5) is 5.69 Å². The van der Waals surface area contributed by atoms with Crippen LogP contribution in [-0.2, 0) is 22.5 Å². The second-order valence-electron chi connectivity index (χ2n) is 9.71. The molecule has 2 aromatic heterocycles. The molecule has 0 spiro atoms. The van der Waals surface area contributed by atoms with Crippen LogP contribution in [0.3, 0.4) is 0 Å². The summed E-state index contributed by atoms with van der Waals surface area (Å²) in [5, 5.41) is 4.09. The van der Waals surface area contributed by atoms with Crippen LogP contribution in [0.5, 0.6) is 0 Å². The molecule has 0 radical (unpaired) electrons. The standard InChI is InChI=1S/C27H34N4O5/c1-2-30-18-23(35-27(30)33)21-7-6-8-22(17-21)31(26(32)20-12-15-34-16-13-20)14-5-3-4-9-24-28-25(29-36-24)19-10-11-19/h6-8,17-20H,2-5,9-16H2,1H3. The minimum Gasteiger partial charge on any atom is -0.408 e. The minimum atomic E-state index is -0.376. The summed E-state index contributed by atoms with van der Waals surface area (Å²) < 4.78 is 17.8. The van der Waals surface area contributed by atoms with Gasteiger partial charge in [-0.3, -0.25) is 9.36 Å². The zero-order chi connectivity index (χ0) is 24.9. The summed E-state index contributed by atoms with van der Waals surface area (Å²) in [6.07, 6.45) is 9.03.